The summed E-state index contributed by atoms with van der Waals surface area (Å²) >= 11 is 6.32. The number of aromatic nitrogens is 3. The maximum atomic E-state index is 12.6. The summed E-state index contributed by atoms with van der Waals surface area (Å²) in [7, 11) is 0. The number of carbonyl (C=O) groups is 1. The third-order valence-corrected chi connectivity index (χ3v) is 4.09. The molecule has 27 heavy (non-hydrogen) atoms. The zero-order valence-corrected chi connectivity index (χ0v) is 16.0. The highest BCUT2D eigenvalue weighted by molar-refractivity contribution is 6.32. The van der Waals surface area contributed by atoms with Crippen LogP contribution in [0.15, 0.2) is 36.5 Å². The number of fused-ring (bicyclic) bond motifs is 1. The van der Waals surface area contributed by atoms with Crippen LogP contribution in [0.3, 0.4) is 0 Å². The van der Waals surface area contributed by atoms with E-state index in [-0.39, 0.29) is 12.5 Å². The zero-order valence-electron chi connectivity index (χ0n) is 15.2. The van der Waals surface area contributed by atoms with Crippen molar-refractivity contribution in [3.63, 3.8) is 0 Å². The topological polar surface area (TPSA) is 77.8 Å². The molecular formula is C19H21ClN4O3. The Hall–Kier alpha value is -2.80. The van der Waals surface area contributed by atoms with Gasteiger partial charge in [-0.25, -0.2) is 0 Å². The van der Waals surface area contributed by atoms with Crippen LogP contribution in [0.1, 0.15) is 36.5 Å². The van der Waals surface area contributed by atoms with E-state index in [9.17, 15) is 4.79 Å². The summed E-state index contributed by atoms with van der Waals surface area (Å²) in [6.45, 7) is 5.06. The molecule has 3 aromatic rings. The monoisotopic (exact) mass is 388 g/mol. The van der Waals surface area contributed by atoms with Gasteiger partial charge in [0.05, 0.1) is 24.8 Å². The van der Waals surface area contributed by atoms with E-state index >= 15 is 0 Å². The number of halogens is 1. The third kappa shape index (κ3) is 4.31. The summed E-state index contributed by atoms with van der Waals surface area (Å²) in [5, 5.41) is 11.3. The fraction of sp³-hybridized carbons (Fsp3) is 0.316. The van der Waals surface area contributed by atoms with Gasteiger partial charge in [-0.1, -0.05) is 24.6 Å². The van der Waals surface area contributed by atoms with Crippen molar-refractivity contribution in [1.29, 1.82) is 0 Å². The van der Waals surface area contributed by atoms with E-state index in [4.69, 9.17) is 21.1 Å². The number of hydrogen-bond acceptors (Lipinski definition) is 5. The Morgan fingerprint density at radius 2 is 2.07 bits per heavy atom. The number of nitrogens with one attached hydrogen (secondary N) is 1. The van der Waals surface area contributed by atoms with Gasteiger partial charge in [-0.3, -0.25) is 9.20 Å². The highest BCUT2D eigenvalue weighted by Crippen LogP contribution is 2.36. The van der Waals surface area contributed by atoms with Gasteiger partial charge in [0, 0.05) is 11.8 Å². The largest absolute Gasteiger partial charge is 0.490 e. The second-order valence-corrected chi connectivity index (χ2v) is 6.20. The Morgan fingerprint density at radius 3 is 2.85 bits per heavy atom. The summed E-state index contributed by atoms with van der Waals surface area (Å²) in [6.07, 6.45) is 2.69. The van der Waals surface area contributed by atoms with Crippen LogP contribution in [0.2, 0.25) is 5.02 Å². The Balaban J connectivity index is 1.77. The number of nitrogens with zero attached hydrogens (tertiary/aromatic N) is 3. The van der Waals surface area contributed by atoms with Crippen molar-refractivity contribution in [2.45, 2.75) is 26.8 Å². The molecule has 0 aliphatic carbocycles. The van der Waals surface area contributed by atoms with Crippen molar-refractivity contribution in [2.24, 2.45) is 0 Å². The van der Waals surface area contributed by atoms with Crippen LogP contribution < -0.4 is 14.8 Å². The molecule has 0 unspecified atom stereocenters. The van der Waals surface area contributed by atoms with Crippen molar-refractivity contribution in [3.8, 4) is 11.5 Å². The van der Waals surface area contributed by atoms with E-state index in [2.05, 4.69) is 15.5 Å². The Morgan fingerprint density at radius 1 is 1.22 bits per heavy atom. The van der Waals surface area contributed by atoms with Crippen LogP contribution in [0.25, 0.3) is 5.65 Å². The first kappa shape index (κ1) is 19.0. The predicted molar refractivity (Wildman–Crippen MR) is 103 cm³/mol. The van der Waals surface area contributed by atoms with E-state index in [0.717, 1.165) is 12.1 Å². The molecule has 0 saturated heterocycles. The minimum absolute atomic E-state index is 0.236. The third-order valence-electron chi connectivity index (χ3n) is 3.81. The molecule has 0 aliphatic heterocycles. The molecule has 0 radical (unpaired) electrons. The lowest BCUT2D eigenvalue weighted by Gasteiger charge is -2.14. The van der Waals surface area contributed by atoms with Crippen LogP contribution in [-0.4, -0.2) is 33.7 Å². The molecular weight excluding hydrogens is 368 g/mol. The van der Waals surface area contributed by atoms with Gasteiger partial charge in [0.15, 0.2) is 23.0 Å². The molecule has 0 atom stereocenters. The standard InChI is InChI=1S/C19H21ClN4O3/c1-3-9-27-18-14(20)10-13(11-15(18)26-4-2)19(25)21-12-17-23-22-16-7-5-6-8-24(16)17/h5-8,10-11H,3-4,9,12H2,1-2H3,(H,21,25). The van der Waals surface area contributed by atoms with E-state index in [1.807, 2.05) is 42.6 Å². The van der Waals surface area contributed by atoms with E-state index in [1.165, 1.54) is 0 Å². The second kappa shape index (κ2) is 8.73. The van der Waals surface area contributed by atoms with Gasteiger partial charge >= 0.3 is 0 Å². The molecule has 0 spiro atoms. The SMILES string of the molecule is CCCOc1c(Cl)cc(C(=O)NCc2nnc3ccccn23)cc1OCC. The van der Waals surface area contributed by atoms with E-state index in [1.54, 1.807) is 12.1 Å². The first-order chi connectivity index (χ1) is 13.1. The molecule has 0 saturated carbocycles. The van der Waals surface area contributed by atoms with Gasteiger partial charge in [-0.15, -0.1) is 10.2 Å². The number of pyridine rings is 1. The molecule has 0 bridgehead atoms. The minimum Gasteiger partial charge on any atom is -0.490 e. The first-order valence-electron chi connectivity index (χ1n) is 8.80. The molecule has 142 valence electrons. The normalized spacial score (nSPS) is 10.8. The van der Waals surface area contributed by atoms with Crippen molar-refractivity contribution >= 4 is 23.2 Å². The van der Waals surface area contributed by atoms with Gasteiger partial charge in [-0.05, 0) is 37.6 Å². The van der Waals surface area contributed by atoms with Gasteiger partial charge in [-0.2, -0.15) is 0 Å². The first-order valence-corrected chi connectivity index (χ1v) is 9.17. The molecule has 8 heteroatoms. The molecule has 2 aromatic heterocycles. The molecule has 1 aromatic carbocycles. The van der Waals surface area contributed by atoms with Gasteiger partial charge in [0.1, 0.15) is 0 Å². The lowest BCUT2D eigenvalue weighted by Crippen LogP contribution is -2.24. The molecule has 2 heterocycles. The van der Waals surface area contributed by atoms with Crippen LogP contribution >= 0.6 is 11.6 Å². The molecule has 0 fully saturated rings. The molecule has 7 nitrogen and oxygen atoms in total. The van der Waals surface area contributed by atoms with Gasteiger partial charge in [0.25, 0.3) is 5.91 Å². The van der Waals surface area contributed by atoms with Crippen molar-refractivity contribution in [2.75, 3.05) is 13.2 Å². The summed E-state index contributed by atoms with van der Waals surface area (Å²) in [4.78, 5) is 12.6. The summed E-state index contributed by atoms with van der Waals surface area (Å²) in [6, 6.07) is 8.82. The number of benzene rings is 1. The van der Waals surface area contributed by atoms with Crippen LogP contribution in [0.5, 0.6) is 11.5 Å². The number of amides is 1. The summed E-state index contributed by atoms with van der Waals surface area (Å²) < 4.78 is 13.1. The average molecular weight is 389 g/mol. The number of hydrogen-bond donors (Lipinski definition) is 1. The smallest absolute Gasteiger partial charge is 0.251 e. The fourth-order valence-corrected chi connectivity index (χ4v) is 2.84. The average Bonchev–Trinajstić information content (AvgIpc) is 3.08. The zero-order chi connectivity index (χ0) is 19.2. The minimum atomic E-state index is -0.285. The maximum absolute atomic E-state index is 12.6. The Kier molecular flexibility index (Phi) is 6.13. The van der Waals surface area contributed by atoms with Crippen LogP contribution in [0.4, 0.5) is 0 Å². The molecule has 3 rings (SSSR count). The highest BCUT2D eigenvalue weighted by atomic mass is 35.5. The predicted octanol–water partition coefficient (Wildman–Crippen LogP) is 3.50. The lowest BCUT2D eigenvalue weighted by molar-refractivity contribution is 0.0949. The van der Waals surface area contributed by atoms with Crippen molar-refractivity contribution in [1.82, 2.24) is 19.9 Å². The number of carbonyl (C=O) groups excluding carboxylic acids is 1. The summed E-state index contributed by atoms with van der Waals surface area (Å²) in [5.41, 5.74) is 1.11. The summed E-state index contributed by atoms with van der Waals surface area (Å²) in [5.74, 6) is 1.27. The maximum Gasteiger partial charge on any atom is 0.251 e. The Labute approximate surface area is 162 Å². The van der Waals surface area contributed by atoms with Gasteiger partial charge in [0.2, 0.25) is 0 Å². The van der Waals surface area contributed by atoms with Crippen LogP contribution in [-0.2, 0) is 6.54 Å². The van der Waals surface area contributed by atoms with E-state index < -0.39 is 0 Å². The molecule has 0 aliphatic rings. The second-order valence-electron chi connectivity index (χ2n) is 5.79. The van der Waals surface area contributed by atoms with Crippen molar-refractivity contribution in [3.05, 3.63) is 52.9 Å². The lowest BCUT2D eigenvalue weighted by atomic mass is 10.2. The number of ether oxygens (including phenoxy) is 2. The number of rotatable bonds is 8. The van der Waals surface area contributed by atoms with E-state index in [0.29, 0.717) is 41.1 Å². The quantitative estimate of drug-likeness (QED) is 0.639. The van der Waals surface area contributed by atoms with Crippen molar-refractivity contribution < 1.29 is 14.3 Å². The van der Waals surface area contributed by atoms with Crippen LogP contribution in [0, 0.1) is 0 Å². The van der Waals surface area contributed by atoms with Gasteiger partial charge < -0.3 is 14.8 Å². The molecule has 1 N–H and O–H groups in total. The highest BCUT2D eigenvalue weighted by Gasteiger charge is 2.17. The molecule has 1 amide bonds. The Bertz CT molecular complexity index is 942. The fourth-order valence-electron chi connectivity index (χ4n) is 2.58.